The third-order valence-corrected chi connectivity index (χ3v) is 3.40. The van der Waals surface area contributed by atoms with Crippen LogP contribution in [0.25, 0.3) is 0 Å². The average molecular weight is 336 g/mol. The molecule has 0 radical (unpaired) electrons. The Kier molecular flexibility index (Phi) is 4.39. The highest BCUT2D eigenvalue weighted by Gasteiger charge is 2.15. The maximum atomic E-state index is 11.3. The van der Waals surface area contributed by atoms with E-state index in [-0.39, 0.29) is 12.2 Å². The zero-order chi connectivity index (χ0) is 14.7. The lowest BCUT2D eigenvalue weighted by Crippen LogP contribution is -2.07. The van der Waals surface area contributed by atoms with Crippen molar-refractivity contribution in [2.45, 2.75) is 20.5 Å². The maximum Gasteiger partial charge on any atom is 0.339 e. The van der Waals surface area contributed by atoms with Crippen molar-refractivity contribution in [3.63, 3.8) is 0 Å². The molecule has 1 aromatic carbocycles. The third-order valence-electron chi connectivity index (χ3n) is 2.94. The van der Waals surface area contributed by atoms with E-state index >= 15 is 0 Å². The van der Waals surface area contributed by atoms with Crippen molar-refractivity contribution in [1.82, 2.24) is 4.98 Å². The van der Waals surface area contributed by atoms with E-state index in [2.05, 4.69) is 20.9 Å². The molecule has 1 heterocycles. The fraction of sp³-hybridized carbons (Fsp3) is 0.200. The predicted octanol–water partition coefficient (Wildman–Crippen LogP) is 3.74. The lowest BCUT2D eigenvalue weighted by molar-refractivity contribution is 0.0691. The molecule has 5 heteroatoms. The average Bonchev–Trinajstić information content (AvgIpc) is 2.38. The largest absolute Gasteiger partial charge is 0.486 e. The summed E-state index contributed by atoms with van der Waals surface area (Å²) in [7, 11) is 0. The van der Waals surface area contributed by atoms with Gasteiger partial charge >= 0.3 is 5.97 Å². The van der Waals surface area contributed by atoms with Gasteiger partial charge < -0.3 is 9.84 Å². The molecule has 0 saturated heterocycles. The Bertz CT molecular complexity index is 656. The van der Waals surface area contributed by atoms with Gasteiger partial charge in [0.2, 0.25) is 0 Å². The third kappa shape index (κ3) is 3.17. The molecule has 0 atom stereocenters. The minimum atomic E-state index is -1.01. The van der Waals surface area contributed by atoms with Crippen molar-refractivity contribution in [2.24, 2.45) is 0 Å². The van der Waals surface area contributed by atoms with Gasteiger partial charge in [-0.15, -0.1) is 0 Å². The fourth-order valence-corrected chi connectivity index (χ4v) is 2.46. The van der Waals surface area contributed by atoms with Crippen LogP contribution in [0.2, 0.25) is 0 Å². The van der Waals surface area contributed by atoms with Crippen molar-refractivity contribution in [1.29, 1.82) is 0 Å². The van der Waals surface area contributed by atoms with Gasteiger partial charge in [0.25, 0.3) is 0 Å². The van der Waals surface area contributed by atoms with Gasteiger partial charge in [0.15, 0.2) is 0 Å². The summed E-state index contributed by atoms with van der Waals surface area (Å²) in [4.78, 5) is 15.5. The smallest absolute Gasteiger partial charge is 0.339 e. The number of aromatic nitrogens is 1. The monoisotopic (exact) mass is 335 g/mol. The minimum Gasteiger partial charge on any atom is -0.486 e. The second-order valence-electron chi connectivity index (χ2n) is 4.46. The summed E-state index contributed by atoms with van der Waals surface area (Å²) in [5.41, 5.74) is 2.72. The summed E-state index contributed by atoms with van der Waals surface area (Å²) >= 11 is 3.29. The Morgan fingerprint density at radius 2 is 2.10 bits per heavy atom. The number of rotatable bonds is 4. The Balaban J connectivity index is 2.30. The number of pyridine rings is 1. The zero-order valence-electron chi connectivity index (χ0n) is 11.2. The first-order valence-electron chi connectivity index (χ1n) is 6.05. The van der Waals surface area contributed by atoms with Crippen LogP contribution in [0.3, 0.4) is 0 Å². The second-order valence-corrected chi connectivity index (χ2v) is 5.38. The van der Waals surface area contributed by atoms with Gasteiger partial charge in [-0.3, -0.25) is 4.98 Å². The van der Waals surface area contributed by atoms with Crippen molar-refractivity contribution in [3.05, 3.63) is 57.3 Å². The Labute approximate surface area is 125 Å². The zero-order valence-corrected chi connectivity index (χ0v) is 12.8. The molecule has 2 aromatic rings. The van der Waals surface area contributed by atoms with Gasteiger partial charge in [0.1, 0.15) is 17.9 Å². The highest BCUT2D eigenvalue weighted by molar-refractivity contribution is 9.10. The fourth-order valence-electron chi connectivity index (χ4n) is 1.89. The molecule has 0 spiro atoms. The Hall–Kier alpha value is -1.88. The Morgan fingerprint density at radius 3 is 2.75 bits per heavy atom. The number of benzene rings is 1. The van der Waals surface area contributed by atoms with E-state index in [1.54, 1.807) is 6.20 Å². The van der Waals surface area contributed by atoms with E-state index in [0.29, 0.717) is 10.2 Å². The molecule has 0 saturated carbocycles. The summed E-state index contributed by atoms with van der Waals surface area (Å²) in [6.07, 6.45) is 1.69. The predicted molar refractivity (Wildman–Crippen MR) is 79.1 cm³/mol. The van der Waals surface area contributed by atoms with Gasteiger partial charge in [0, 0.05) is 10.7 Å². The van der Waals surface area contributed by atoms with Crippen LogP contribution in [0.5, 0.6) is 5.75 Å². The number of carboxylic acids is 1. The number of hydrogen-bond acceptors (Lipinski definition) is 3. The number of aromatic carboxylic acids is 1. The van der Waals surface area contributed by atoms with Crippen LogP contribution in [0.4, 0.5) is 0 Å². The summed E-state index contributed by atoms with van der Waals surface area (Å²) in [5, 5.41) is 9.25. The van der Waals surface area contributed by atoms with Gasteiger partial charge in [0.05, 0.1) is 5.69 Å². The molecule has 104 valence electrons. The maximum absolute atomic E-state index is 11.3. The van der Waals surface area contributed by atoms with Crippen LogP contribution >= 0.6 is 15.9 Å². The van der Waals surface area contributed by atoms with Crippen molar-refractivity contribution in [3.8, 4) is 5.75 Å². The molecule has 0 amide bonds. The lowest BCUT2D eigenvalue weighted by Gasteiger charge is -2.13. The van der Waals surface area contributed by atoms with E-state index in [9.17, 15) is 9.90 Å². The van der Waals surface area contributed by atoms with Crippen LogP contribution in [0, 0.1) is 13.8 Å². The minimum absolute atomic E-state index is 0.144. The SMILES string of the molecule is Cc1cccnc1COc1c(C)cc(Br)cc1C(=O)O. The van der Waals surface area contributed by atoms with Crippen LogP contribution < -0.4 is 4.74 Å². The molecule has 0 aliphatic heterocycles. The van der Waals surface area contributed by atoms with Gasteiger partial charge in [-0.05, 0) is 43.2 Å². The molecule has 0 aliphatic carbocycles. The van der Waals surface area contributed by atoms with Crippen molar-refractivity contribution >= 4 is 21.9 Å². The summed E-state index contributed by atoms with van der Waals surface area (Å²) in [5.74, 6) is -0.632. The summed E-state index contributed by atoms with van der Waals surface area (Å²) in [6, 6.07) is 7.16. The van der Waals surface area contributed by atoms with Gasteiger partial charge in [-0.1, -0.05) is 22.0 Å². The summed E-state index contributed by atoms with van der Waals surface area (Å²) in [6.45, 7) is 4.01. The number of carboxylic acid groups (broad SMARTS) is 1. The number of ether oxygens (including phenoxy) is 1. The van der Waals surface area contributed by atoms with Gasteiger partial charge in [-0.25, -0.2) is 4.79 Å². The van der Waals surface area contributed by atoms with E-state index in [0.717, 1.165) is 16.8 Å². The van der Waals surface area contributed by atoms with Gasteiger partial charge in [-0.2, -0.15) is 0 Å². The number of nitrogens with zero attached hydrogens (tertiary/aromatic N) is 1. The quantitative estimate of drug-likeness (QED) is 0.924. The van der Waals surface area contributed by atoms with E-state index in [1.165, 1.54) is 6.07 Å². The molecule has 0 fully saturated rings. The van der Waals surface area contributed by atoms with Crippen LogP contribution in [0.15, 0.2) is 34.9 Å². The highest BCUT2D eigenvalue weighted by Crippen LogP contribution is 2.29. The molecular weight excluding hydrogens is 322 g/mol. The standard InChI is InChI=1S/C15H14BrNO3/c1-9-4-3-5-17-13(9)8-20-14-10(2)6-11(16)7-12(14)15(18)19/h3-7H,8H2,1-2H3,(H,18,19). The summed E-state index contributed by atoms with van der Waals surface area (Å²) < 4.78 is 6.40. The van der Waals surface area contributed by atoms with Crippen LogP contribution in [-0.4, -0.2) is 16.1 Å². The Morgan fingerprint density at radius 1 is 1.35 bits per heavy atom. The molecule has 0 aliphatic rings. The first kappa shape index (κ1) is 14.5. The number of carbonyl (C=O) groups is 1. The van der Waals surface area contributed by atoms with Crippen LogP contribution in [0.1, 0.15) is 27.2 Å². The van der Waals surface area contributed by atoms with Crippen molar-refractivity contribution < 1.29 is 14.6 Å². The van der Waals surface area contributed by atoms with Crippen molar-refractivity contribution in [2.75, 3.05) is 0 Å². The van der Waals surface area contributed by atoms with E-state index < -0.39 is 5.97 Å². The van der Waals surface area contributed by atoms with Crippen LogP contribution in [-0.2, 0) is 6.61 Å². The molecular formula is C15H14BrNO3. The lowest BCUT2D eigenvalue weighted by atomic mass is 10.1. The molecule has 1 N–H and O–H groups in total. The van der Waals surface area contributed by atoms with E-state index in [1.807, 2.05) is 32.0 Å². The molecule has 1 aromatic heterocycles. The molecule has 4 nitrogen and oxygen atoms in total. The molecule has 20 heavy (non-hydrogen) atoms. The molecule has 2 rings (SSSR count). The normalized spacial score (nSPS) is 10.3. The number of hydrogen-bond donors (Lipinski definition) is 1. The second kappa shape index (κ2) is 6.05. The first-order chi connectivity index (χ1) is 9.49. The number of aryl methyl sites for hydroxylation is 2. The molecule has 0 unspecified atom stereocenters. The molecule has 0 bridgehead atoms. The van der Waals surface area contributed by atoms with E-state index in [4.69, 9.17) is 4.74 Å². The topological polar surface area (TPSA) is 59.4 Å². The first-order valence-corrected chi connectivity index (χ1v) is 6.85. The number of halogens is 1. The highest BCUT2D eigenvalue weighted by atomic mass is 79.9.